The van der Waals surface area contributed by atoms with E-state index in [1.807, 2.05) is 24.3 Å². The standard InChI is InChI=1S/C17H18ClF3N4/c1-24(16-22-8-6-15(23-16)17(19,20)21)14-7-9-25(11-14)10-12-2-4-13(18)5-3-12/h2-6,8,14H,7,9-11H2,1H3. The van der Waals surface area contributed by atoms with Gasteiger partial charge in [0.15, 0.2) is 0 Å². The number of rotatable bonds is 4. The molecule has 8 heteroatoms. The van der Waals surface area contributed by atoms with Crippen molar-refractivity contribution in [2.75, 3.05) is 25.0 Å². The zero-order chi connectivity index (χ0) is 18.0. The number of likely N-dealkylation sites (tertiary alicyclic amines) is 1. The van der Waals surface area contributed by atoms with Gasteiger partial charge in [0.2, 0.25) is 5.95 Å². The zero-order valence-electron chi connectivity index (χ0n) is 13.7. The summed E-state index contributed by atoms with van der Waals surface area (Å²) in [6, 6.07) is 8.64. The van der Waals surface area contributed by atoms with Crippen LogP contribution in [-0.2, 0) is 12.7 Å². The van der Waals surface area contributed by atoms with Crippen LogP contribution in [0.2, 0.25) is 5.02 Å². The van der Waals surface area contributed by atoms with Gasteiger partial charge in [0.05, 0.1) is 0 Å². The van der Waals surface area contributed by atoms with Crippen LogP contribution in [0.4, 0.5) is 19.1 Å². The van der Waals surface area contributed by atoms with Crippen molar-refractivity contribution in [1.29, 1.82) is 0 Å². The van der Waals surface area contributed by atoms with E-state index in [-0.39, 0.29) is 12.0 Å². The Morgan fingerprint density at radius 1 is 1.24 bits per heavy atom. The second-order valence-corrected chi connectivity index (χ2v) is 6.59. The predicted molar refractivity (Wildman–Crippen MR) is 90.6 cm³/mol. The molecule has 2 aromatic rings. The fraction of sp³-hybridized carbons (Fsp3) is 0.412. The monoisotopic (exact) mass is 370 g/mol. The molecule has 3 rings (SSSR count). The molecule has 1 aromatic heterocycles. The third kappa shape index (κ3) is 4.41. The molecule has 1 saturated heterocycles. The minimum atomic E-state index is -4.46. The number of hydrogen-bond acceptors (Lipinski definition) is 4. The maximum atomic E-state index is 12.8. The van der Waals surface area contributed by atoms with E-state index in [1.165, 1.54) is 0 Å². The molecule has 1 aliphatic rings. The van der Waals surface area contributed by atoms with E-state index in [4.69, 9.17) is 11.6 Å². The molecule has 1 fully saturated rings. The highest BCUT2D eigenvalue weighted by Gasteiger charge is 2.34. The highest BCUT2D eigenvalue weighted by atomic mass is 35.5. The molecule has 134 valence electrons. The van der Waals surface area contributed by atoms with E-state index in [0.29, 0.717) is 5.02 Å². The highest BCUT2D eigenvalue weighted by Crippen LogP contribution is 2.29. The second-order valence-electron chi connectivity index (χ2n) is 6.15. The Morgan fingerprint density at radius 2 is 1.96 bits per heavy atom. The van der Waals surface area contributed by atoms with Gasteiger partial charge in [-0.05, 0) is 30.2 Å². The molecule has 0 spiro atoms. The van der Waals surface area contributed by atoms with Crippen molar-refractivity contribution in [2.45, 2.75) is 25.2 Å². The number of nitrogens with zero attached hydrogens (tertiary/aromatic N) is 4. The lowest BCUT2D eigenvalue weighted by Gasteiger charge is -2.25. The molecular weight excluding hydrogens is 353 g/mol. The highest BCUT2D eigenvalue weighted by molar-refractivity contribution is 6.30. The van der Waals surface area contributed by atoms with Crippen LogP contribution in [0.3, 0.4) is 0 Å². The minimum absolute atomic E-state index is 0.0794. The van der Waals surface area contributed by atoms with Gasteiger partial charge in [0.1, 0.15) is 5.69 Å². The van der Waals surface area contributed by atoms with Gasteiger partial charge in [-0.3, -0.25) is 4.90 Å². The molecule has 4 nitrogen and oxygen atoms in total. The van der Waals surface area contributed by atoms with Gasteiger partial charge in [0.25, 0.3) is 0 Å². The van der Waals surface area contributed by atoms with Gasteiger partial charge in [-0.2, -0.15) is 13.2 Å². The van der Waals surface area contributed by atoms with Crippen LogP contribution in [0, 0.1) is 0 Å². The summed E-state index contributed by atoms with van der Waals surface area (Å²) in [6.07, 6.45) is -2.46. The molecular formula is C17H18ClF3N4. The van der Waals surface area contributed by atoms with Crippen molar-refractivity contribution in [3.8, 4) is 0 Å². The number of likely N-dealkylation sites (N-methyl/N-ethyl adjacent to an activating group) is 1. The molecule has 0 bridgehead atoms. The predicted octanol–water partition coefficient (Wildman–Crippen LogP) is 3.86. The normalized spacial score (nSPS) is 18.5. The third-order valence-electron chi connectivity index (χ3n) is 4.36. The minimum Gasteiger partial charge on any atom is -0.340 e. The lowest BCUT2D eigenvalue weighted by Crippen LogP contribution is -2.35. The van der Waals surface area contributed by atoms with Crippen LogP contribution in [0.25, 0.3) is 0 Å². The quantitative estimate of drug-likeness (QED) is 0.818. The van der Waals surface area contributed by atoms with Crippen molar-refractivity contribution in [3.05, 3.63) is 52.8 Å². The first-order valence-corrected chi connectivity index (χ1v) is 8.30. The number of hydrogen-bond donors (Lipinski definition) is 0. The van der Waals surface area contributed by atoms with Gasteiger partial charge in [-0.15, -0.1) is 0 Å². The lowest BCUT2D eigenvalue weighted by molar-refractivity contribution is -0.141. The van der Waals surface area contributed by atoms with Crippen LogP contribution in [0.5, 0.6) is 0 Å². The summed E-state index contributed by atoms with van der Waals surface area (Å²) in [5.41, 5.74) is 0.239. The molecule has 0 amide bonds. The van der Waals surface area contributed by atoms with E-state index in [9.17, 15) is 13.2 Å². The Kier molecular flexibility index (Phi) is 5.15. The van der Waals surface area contributed by atoms with Crippen LogP contribution in [0.1, 0.15) is 17.7 Å². The van der Waals surface area contributed by atoms with E-state index in [0.717, 1.165) is 43.9 Å². The molecule has 1 unspecified atom stereocenters. The van der Waals surface area contributed by atoms with Crippen LogP contribution >= 0.6 is 11.6 Å². The van der Waals surface area contributed by atoms with Crippen molar-refractivity contribution < 1.29 is 13.2 Å². The Labute approximate surface area is 149 Å². The number of aromatic nitrogens is 2. The topological polar surface area (TPSA) is 32.3 Å². The molecule has 2 heterocycles. The summed E-state index contributed by atoms with van der Waals surface area (Å²) in [4.78, 5) is 11.7. The summed E-state index contributed by atoms with van der Waals surface area (Å²) in [6.45, 7) is 2.40. The van der Waals surface area contributed by atoms with E-state index in [1.54, 1.807) is 11.9 Å². The van der Waals surface area contributed by atoms with Crippen molar-refractivity contribution >= 4 is 17.5 Å². The van der Waals surface area contributed by atoms with Gasteiger partial charge < -0.3 is 4.90 Å². The smallest absolute Gasteiger partial charge is 0.340 e. The fourth-order valence-corrected chi connectivity index (χ4v) is 3.09. The maximum Gasteiger partial charge on any atom is 0.433 e. The van der Waals surface area contributed by atoms with Gasteiger partial charge >= 0.3 is 6.18 Å². The second kappa shape index (κ2) is 7.17. The first-order valence-electron chi connectivity index (χ1n) is 7.93. The Hall–Kier alpha value is -1.86. The Morgan fingerprint density at radius 3 is 2.64 bits per heavy atom. The fourth-order valence-electron chi connectivity index (χ4n) is 2.96. The summed E-state index contributed by atoms with van der Waals surface area (Å²) in [7, 11) is 1.74. The number of alkyl halides is 3. The Balaban J connectivity index is 1.64. The summed E-state index contributed by atoms with van der Waals surface area (Å²) in [5.74, 6) is 0.105. The average molecular weight is 371 g/mol. The first-order chi connectivity index (χ1) is 11.8. The van der Waals surface area contributed by atoms with Crippen LogP contribution in [-0.4, -0.2) is 41.0 Å². The summed E-state index contributed by atoms with van der Waals surface area (Å²) >= 11 is 5.89. The molecule has 0 aliphatic carbocycles. The molecule has 1 aromatic carbocycles. The number of benzene rings is 1. The summed E-state index contributed by atoms with van der Waals surface area (Å²) in [5, 5.41) is 0.699. The number of halogens is 4. The van der Waals surface area contributed by atoms with Gasteiger partial charge in [-0.25, -0.2) is 9.97 Å². The average Bonchev–Trinajstić information content (AvgIpc) is 3.04. The van der Waals surface area contributed by atoms with E-state index in [2.05, 4.69) is 14.9 Å². The molecule has 0 N–H and O–H groups in total. The van der Waals surface area contributed by atoms with E-state index < -0.39 is 11.9 Å². The first kappa shape index (κ1) is 17.9. The SMILES string of the molecule is CN(c1nccc(C(F)(F)F)n1)C1CCN(Cc2ccc(Cl)cc2)C1. The molecule has 25 heavy (non-hydrogen) atoms. The van der Waals surface area contributed by atoms with Crippen molar-refractivity contribution in [3.63, 3.8) is 0 Å². The van der Waals surface area contributed by atoms with E-state index >= 15 is 0 Å². The molecule has 0 saturated carbocycles. The lowest BCUT2D eigenvalue weighted by atomic mass is 10.2. The van der Waals surface area contributed by atoms with Crippen molar-refractivity contribution in [2.24, 2.45) is 0 Å². The Bertz CT molecular complexity index is 721. The van der Waals surface area contributed by atoms with Crippen LogP contribution < -0.4 is 4.90 Å². The summed E-state index contributed by atoms with van der Waals surface area (Å²) < 4.78 is 38.4. The third-order valence-corrected chi connectivity index (χ3v) is 4.62. The van der Waals surface area contributed by atoms with Gasteiger partial charge in [-0.1, -0.05) is 23.7 Å². The largest absolute Gasteiger partial charge is 0.433 e. The van der Waals surface area contributed by atoms with Crippen LogP contribution in [0.15, 0.2) is 36.5 Å². The molecule has 1 aliphatic heterocycles. The maximum absolute atomic E-state index is 12.8. The molecule has 1 atom stereocenters. The van der Waals surface area contributed by atoms with Crippen molar-refractivity contribution in [1.82, 2.24) is 14.9 Å². The zero-order valence-corrected chi connectivity index (χ0v) is 14.4. The van der Waals surface area contributed by atoms with Gasteiger partial charge in [0, 0.05) is 43.9 Å². The number of anilines is 1. The molecule has 0 radical (unpaired) electrons.